The van der Waals surface area contributed by atoms with Crippen LogP contribution in [0.1, 0.15) is 39.2 Å². The molecule has 2 aliphatic heterocycles. The van der Waals surface area contributed by atoms with Gasteiger partial charge in [-0.05, 0) is 31.2 Å². The van der Waals surface area contributed by atoms with E-state index >= 15 is 0 Å². The van der Waals surface area contributed by atoms with Crippen LogP contribution in [0.25, 0.3) is 0 Å². The highest BCUT2D eigenvalue weighted by molar-refractivity contribution is 5.17. The lowest BCUT2D eigenvalue weighted by molar-refractivity contribution is -0.0979. The molecule has 0 spiro atoms. The first-order chi connectivity index (χ1) is 9.48. The summed E-state index contributed by atoms with van der Waals surface area (Å²) in [6, 6.07) is 10.1. The van der Waals surface area contributed by atoms with Gasteiger partial charge >= 0.3 is 0 Å². The number of fused-ring (bicyclic) bond motifs is 2. The zero-order chi connectivity index (χ0) is 14.4. The van der Waals surface area contributed by atoms with E-state index in [4.69, 9.17) is 9.47 Å². The lowest BCUT2D eigenvalue weighted by Gasteiger charge is -2.36. The summed E-state index contributed by atoms with van der Waals surface area (Å²) in [4.78, 5) is 0. The van der Waals surface area contributed by atoms with E-state index in [0.29, 0.717) is 12.5 Å². The van der Waals surface area contributed by atoms with Crippen LogP contribution >= 0.6 is 0 Å². The third-order valence-electron chi connectivity index (χ3n) is 5.07. The van der Waals surface area contributed by atoms with E-state index in [9.17, 15) is 5.11 Å². The summed E-state index contributed by atoms with van der Waals surface area (Å²) in [5, 5.41) is 10.7. The SMILES string of the molecule is CC(C)[C@]12CC[C@](C)(O1)[C@H](OCc1ccccc1)[C@H]2O. The predicted molar refractivity (Wildman–Crippen MR) is 77.3 cm³/mol. The van der Waals surface area contributed by atoms with Crippen LogP contribution < -0.4 is 0 Å². The van der Waals surface area contributed by atoms with Crippen molar-refractivity contribution in [3.63, 3.8) is 0 Å². The van der Waals surface area contributed by atoms with Crippen molar-refractivity contribution in [1.82, 2.24) is 0 Å². The van der Waals surface area contributed by atoms with Crippen molar-refractivity contribution < 1.29 is 14.6 Å². The zero-order valence-electron chi connectivity index (χ0n) is 12.5. The number of aliphatic hydroxyl groups excluding tert-OH is 1. The van der Waals surface area contributed by atoms with Gasteiger partial charge in [0.2, 0.25) is 0 Å². The van der Waals surface area contributed by atoms with Gasteiger partial charge < -0.3 is 14.6 Å². The van der Waals surface area contributed by atoms with Crippen LogP contribution in [-0.2, 0) is 16.1 Å². The molecule has 2 aliphatic rings. The lowest BCUT2D eigenvalue weighted by atomic mass is 9.73. The second kappa shape index (κ2) is 4.83. The number of hydrogen-bond acceptors (Lipinski definition) is 3. The summed E-state index contributed by atoms with van der Waals surface area (Å²) >= 11 is 0. The molecule has 3 heteroatoms. The fourth-order valence-corrected chi connectivity index (χ4v) is 3.75. The van der Waals surface area contributed by atoms with E-state index in [1.807, 2.05) is 30.3 Å². The summed E-state index contributed by atoms with van der Waals surface area (Å²) in [7, 11) is 0. The summed E-state index contributed by atoms with van der Waals surface area (Å²) < 4.78 is 12.3. The minimum Gasteiger partial charge on any atom is -0.387 e. The Bertz CT molecular complexity index is 472. The molecule has 0 radical (unpaired) electrons. The van der Waals surface area contributed by atoms with E-state index in [-0.39, 0.29) is 11.7 Å². The first-order valence-corrected chi connectivity index (χ1v) is 7.52. The number of aliphatic hydroxyl groups is 1. The van der Waals surface area contributed by atoms with E-state index < -0.39 is 11.7 Å². The van der Waals surface area contributed by atoms with Gasteiger partial charge in [-0.1, -0.05) is 44.2 Å². The molecule has 1 N–H and O–H groups in total. The third-order valence-corrected chi connectivity index (χ3v) is 5.07. The highest BCUT2D eigenvalue weighted by Gasteiger charge is 2.66. The molecule has 2 fully saturated rings. The molecular formula is C17H24O3. The van der Waals surface area contributed by atoms with Crippen LogP contribution in [0.15, 0.2) is 30.3 Å². The minimum atomic E-state index is -0.537. The molecule has 3 rings (SSSR count). The van der Waals surface area contributed by atoms with E-state index in [0.717, 1.165) is 18.4 Å². The molecule has 2 heterocycles. The van der Waals surface area contributed by atoms with E-state index in [1.165, 1.54) is 0 Å². The Hall–Kier alpha value is -0.900. The molecule has 0 aliphatic carbocycles. The van der Waals surface area contributed by atoms with Crippen LogP contribution in [0.3, 0.4) is 0 Å². The van der Waals surface area contributed by atoms with Gasteiger partial charge in [-0.25, -0.2) is 0 Å². The lowest BCUT2D eigenvalue weighted by Crippen LogP contribution is -2.51. The molecular weight excluding hydrogens is 252 g/mol. The van der Waals surface area contributed by atoms with Crippen LogP contribution in [0.2, 0.25) is 0 Å². The Kier molecular flexibility index (Phi) is 3.39. The number of ether oxygens (including phenoxy) is 2. The maximum Gasteiger partial charge on any atom is 0.115 e. The van der Waals surface area contributed by atoms with Gasteiger partial charge in [0, 0.05) is 0 Å². The van der Waals surface area contributed by atoms with Crippen molar-refractivity contribution in [2.24, 2.45) is 5.92 Å². The molecule has 0 aromatic heterocycles. The molecule has 0 unspecified atom stereocenters. The molecule has 3 nitrogen and oxygen atoms in total. The first kappa shape index (κ1) is 14.1. The average Bonchev–Trinajstić information content (AvgIpc) is 2.89. The Labute approximate surface area is 120 Å². The Balaban J connectivity index is 1.74. The zero-order valence-corrected chi connectivity index (χ0v) is 12.5. The van der Waals surface area contributed by atoms with Gasteiger partial charge in [0.15, 0.2) is 0 Å². The fourth-order valence-electron chi connectivity index (χ4n) is 3.75. The van der Waals surface area contributed by atoms with Gasteiger partial charge in [0.25, 0.3) is 0 Å². The molecule has 1 aromatic rings. The topological polar surface area (TPSA) is 38.7 Å². The van der Waals surface area contributed by atoms with Gasteiger partial charge in [-0.3, -0.25) is 0 Å². The maximum atomic E-state index is 10.7. The van der Waals surface area contributed by atoms with Crippen LogP contribution in [0.5, 0.6) is 0 Å². The Morgan fingerprint density at radius 1 is 1.30 bits per heavy atom. The minimum absolute atomic E-state index is 0.237. The van der Waals surface area contributed by atoms with Crippen molar-refractivity contribution in [1.29, 1.82) is 0 Å². The van der Waals surface area contributed by atoms with Crippen molar-refractivity contribution in [3.05, 3.63) is 35.9 Å². The van der Waals surface area contributed by atoms with Crippen molar-refractivity contribution >= 4 is 0 Å². The normalized spacial score (nSPS) is 39.6. The highest BCUT2D eigenvalue weighted by Crippen LogP contribution is 2.55. The summed E-state index contributed by atoms with van der Waals surface area (Å²) in [6.07, 6.45) is 1.11. The van der Waals surface area contributed by atoms with Crippen molar-refractivity contribution in [3.8, 4) is 0 Å². The second-order valence-electron chi connectivity index (χ2n) is 6.69. The molecule has 0 saturated carbocycles. The second-order valence-corrected chi connectivity index (χ2v) is 6.69. The molecule has 0 amide bonds. The Morgan fingerprint density at radius 3 is 2.60 bits per heavy atom. The van der Waals surface area contributed by atoms with Gasteiger partial charge in [-0.2, -0.15) is 0 Å². The largest absolute Gasteiger partial charge is 0.387 e. The fraction of sp³-hybridized carbons (Fsp3) is 0.647. The summed E-state index contributed by atoms with van der Waals surface area (Å²) in [6.45, 7) is 6.84. The Morgan fingerprint density at radius 2 is 2.00 bits per heavy atom. The monoisotopic (exact) mass is 276 g/mol. The number of hydrogen-bond donors (Lipinski definition) is 1. The highest BCUT2D eigenvalue weighted by atomic mass is 16.6. The maximum absolute atomic E-state index is 10.7. The van der Waals surface area contributed by atoms with Crippen LogP contribution in [0.4, 0.5) is 0 Å². The van der Waals surface area contributed by atoms with Gasteiger partial charge in [0.1, 0.15) is 12.2 Å². The van der Waals surface area contributed by atoms with Crippen LogP contribution in [0, 0.1) is 5.92 Å². The summed E-state index contributed by atoms with van der Waals surface area (Å²) in [5.74, 6) is 0.296. The average molecular weight is 276 g/mol. The molecule has 1 aromatic carbocycles. The molecule has 2 bridgehead atoms. The standard InChI is InChI=1S/C17H24O3/c1-12(2)17-10-9-16(3,20-17)15(14(17)18)19-11-13-7-5-4-6-8-13/h4-8,12,14-15,18H,9-11H2,1-3H3/t14-,15-,16+,17+/m1/s1. The van der Waals surface area contributed by atoms with E-state index in [2.05, 4.69) is 20.8 Å². The van der Waals surface area contributed by atoms with Gasteiger partial charge in [-0.15, -0.1) is 0 Å². The third kappa shape index (κ3) is 2.00. The van der Waals surface area contributed by atoms with Crippen molar-refractivity contribution in [2.75, 3.05) is 0 Å². The van der Waals surface area contributed by atoms with E-state index in [1.54, 1.807) is 0 Å². The molecule has 20 heavy (non-hydrogen) atoms. The molecule has 4 atom stereocenters. The first-order valence-electron chi connectivity index (χ1n) is 7.52. The predicted octanol–water partition coefficient (Wildman–Crippen LogP) is 2.91. The molecule has 110 valence electrons. The van der Waals surface area contributed by atoms with Crippen molar-refractivity contribution in [2.45, 2.75) is 63.6 Å². The van der Waals surface area contributed by atoms with Gasteiger partial charge in [0.05, 0.1) is 17.8 Å². The number of rotatable bonds is 4. The number of benzene rings is 1. The smallest absolute Gasteiger partial charge is 0.115 e. The summed E-state index contributed by atoms with van der Waals surface area (Å²) in [5.41, 5.74) is 0.360. The molecule has 2 saturated heterocycles. The quantitative estimate of drug-likeness (QED) is 0.919. The van der Waals surface area contributed by atoms with Crippen LogP contribution in [-0.4, -0.2) is 28.5 Å².